The summed E-state index contributed by atoms with van der Waals surface area (Å²) in [6.07, 6.45) is 0.446. The summed E-state index contributed by atoms with van der Waals surface area (Å²) in [5.41, 5.74) is 1.32. The summed E-state index contributed by atoms with van der Waals surface area (Å²) in [6, 6.07) is 10.6. The maximum absolute atomic E-state index is 11.3. The molecule has 98 valence electrons. The van der Waals surface area contributed by atoms with Crippen molar-refractivity contribution in [2.75, 3.05) is 26.7 Å². The molecule has 1 aromatic rings. The van der Waals surface area contributed by atoms with E-state index < -0.39 is 0 Å². The number of benzene rings is 1. The summed E-state index contributed by atoms with van der Waals surface area (Å²) >= 11 is 0. The molecule has 0 amide bonds. The van der Waals surface area contributed by atoms with Crippen molar-refractivity contribution in [1.82, 2.24) is 10.2 Å². The van der Waals surface area contributed by atoms with E-state index in [4.69, 9.17) is 4.74 Å². The van der Waals surface area contributed by atoms with Gasteiger partial charge in [-0.05, 0) is 5.56 Å². The zero-order chi connectivity index (χ0) is 12.8. The SMILES string of the molecule is COC(=O)C[C@@H]1CN(Cc2ccccc2)CCN1. The number of piperazine rings is 1. The van der Waals surface area contributed by atoms with Crippen LogP contribution in [0.1, 0.15) is 12.0 Å². The van der Waals surface area contributed by atoms with Crippen molar-refractivity contribution in [3.63, 3.8) is 0 Å². The minimum Gasteiger partial charge on any atom is -0.469 e. The Morgan fingerprint density at radius 2 is 2.22 bits per heavy atom. The minimum absolute atomic E-state index is 0.144. The molecule has 1 atom stereocenters. The average Bonchev–Trinajstić information content (AvgIpc) is 2.40. The second kappa shape index (κ2) is 6.52. The normalized spacial score (nSPS) is 20.6. The van der Waals surface area contributed by atoms with Crippen LogP contribution in [0.5, 0.6) is 0 Å². The Kier molecular flexibility index (Phi) is 4.73. The molecule has 1 N–H and O–H groups in total. The maximum atomic E-state index is 11.3. The third kappa shape index (κ3) is 3.82. The van der Waals surface area contributed by atoms with Crippen LogP contribution >= 0.6 is 0 Å². The van der Waals surface area contributed by atoms with Crippen LogP contribution in [0.25, 0.3) is 0 Å². The van der Waals surface area contributed by atoms with Gasteiger partial charge in [-0.1, -0.05) is 30.3 Å². The number of nitrogens with zero attached hydrogens (tertiary/aromatic N) is 1. The van der Waals surface area contributed by atoms with E-state index >= 15 is 0 Å². The van der Waals surface area contributed by atoms with Crippen molar-refractivity contribution in [2.24, 2.45) is 0 Å². The van der Waals surface area contributed by atoms with Gasteiger partial charge in [-0.2, -0.15) is 0 Å². The zero-order valence-electron chi connectivity index (χ0n) is 10.8. The van der Waals surface area contributed by atoms with Crippen LogP contribution < -0.4 is 5.32 Å². The Hall–Kier alpha value is -1.39. The third-order valence-electron chi connectivity index (χ3n) is 3.23. The molecule has 1 aliphatic heterocycles. The van der Waals surface area contributed by atoms with Crippen LogP contribution in [-0.2, 0) is 16.1 Å². The lowest BCUT2D eigenvalue weighted by Crippen LogP contribution is -2.51. The zero-order valence-corrected chi connectivity index (χ0v) is 10.8. The Balaban J connectivity index is 1.85. The first-order chi connectivity index (χ1) is 8.78. The molecule has 0 radical (unpaired) electrons. The summed E-state index contributed by atoms with van der Waals surface area (Å²) in [5.74, 6) is -0.144. The standard InChI is InChI=1S/C14H20N2O2/c1-18-14(17)9-13-11-16(8-7-15-13)10-12-5-3-2-4-6-12/h2-6,13,15H,7-11H2,1H3/t13-/m1/s1. The number of hydrogen-bond acceptors (Lipinski definition) is 4. The summed E-state index contributed by atoms with van der Waals surface area (Å²) < 4.78 is 4.71. The van der Waals surface area contributed by atoms with Gasteiger partial charge < -0.3 is 10.1 Å². The van der Waals surface area contributed by atoms with Gasteiger partial charge >= 0.3 is 5.97 Å². The van der Waals surface area contributed by atoms with Gasteiger partial charge in [-0.25, -0.2) is 0 Å². The van der Waals surface area contributed by atoms with Gasteiger partial charge in [0.2, 0.25) is 0 Å². The molecule has 0 aliphatic carbocycles. The Bertz CT molecular complexity index is 381. The van der Waals surface area contributed by atoms with Gasteiger partial charge in [0.15, 0.2) is 0 Å². The van der Waals surface area contributed by atoms with Gasteiger partial charge in [0.05, 0.1) is 13.5 Å². The fraction of sp³-hybridized carbons (Fsp3) is 0.500. The molecule has 1 aliphatic rings. The fourth-order valence-corrected chi connectivity index (χ4v) is 2.30. The monoisotopic (exact) mass is 248 g/mol. The molecule has 1 fully saturated rings. The lowest BCUT2D eigenvalue weighted by Gasteiger charge is -2.33. The molecule has 1 aromatic carbocycles. The Morgan fingerprint density at radius 3 is 2.94 bits per heavy atom. The number of ether oxygens (including phenoxy) is 1. The number of esters is 1. The molecular formula is C14H20N2O2. The molecule has 4 nitrogen and oxygen atoms in total. The highest BCUT2D eigenvalue weighted by Crippen LogP contribution is 2.09. The lowest BCUT2D eigenvalue weighted by molar-refractivity contribution is -0.141. The highest BCUT2D eigenvalue weighted by molar-refractivity contribution is 5.69. The number of rotatable bonds is 4. The second-order valence-electron chi connectivity index (χ2n) is 4.65. The molecule has 0 spiro atoms. The molecule has 2 rings (SSSR count). The van der Waals surface area contributed by atoms with Gasteiger partial charge in [-0.15, -0.1) is 0 Å². The average molecular weight is 248 g/mol. The Morgan fingerprint density at radius 1 is 1.44 bits per heavy atom. The van der Waals surface area contributed by atoms with Crippen molar-refractivity contribution in [3.8, 4) is 0 Å². The van der Waals surface area contributed by atoms with E-state index in [2.05, 4.69) is 34.5 Å². The quantitative estimate of drug-likeness (QED) is 0.808. The molecule has 18 heavy (non-hydrogen) atoms. The first-order valence-corrected chi connectivity index (χ1v) is 6.34. The smallest absolute Gasteiger partial charge is 0.307 e. The Labute approximate surface area is 108 Å². The lowest BCUT2D eigenvalue weighted by atomic mass is 10.1. The van der Waals surface area contributed by atoms with Crippen molar-refractivity contribution < 1.29 is 9.53 Å². The van der Waals surface area contributed by atoms with Crippen LogP contribution in [0, 0.1) is 0 Å². The van der Waals surface area contributed by atoms with E-state index in [0.29, 0.717) is 6.42 Å². The van der Waals surface area contributed by atoms with Gasteiger partial charge in [0.1, 0.15) is 0 Å². The summed E-state index contributed by atoms with van der Waals surface area (Å²) in [6.45, 7) is 3.78. The van der Waals surface area contributed by atoms with Gasteiger partial charge in [-0.3, -0.25) is 9.69 Å². The van der Waals surface area contributed by atoms with Crippen molar-refractivity contribution in [1.29, 1.82) is 0 Å². The summed E-state index contributed by atoms with van der Waals surface area (Å²) in [5, 5.41) is 3.36. The number of carbonyl (C=O) groups is 1. The number of nitrogens with one attached hydrogen (secondary N) is 1. The van der Waals surface area contributed by atoms with Crippen LogP contribution in [0.2, 0.25) is 0 Å². The van der Waals surface area contributed by atoms with Crippen LogP contribution in [0.3, 0.4) is 0 Å². The molecule has 0 aromatic heterocycles. The van der Waals surface area contributed by atoms with Crippen molar-refractivity contribution in [3.05, 3.63) is 35.9 Å². The third-order valence-corrected chi connectivity index (χ3v) is 3.23. The van der Waals surface area contributed by atoms with Crippen molar-refractivity contribution >= 4 is 5.97 Å². The number of carbonyl (C=O) groups excluding carboxylic acids is 1. The highest BCUT2D eigenvalue weighted by atomic mass is 16.5. The molecule has 0 unspecified atom stereocenters. The van der Waals surface area contributed by atoms with E-state index in [1.165, 1.54) is 12.7 Å². The van der Waals surface area contributed by atoms with E-state index in [1.54, 1.807) is 0 Å². The van der Waals surface area contributed by atoms with E-state index in [1.807, 2.05) is 6.07 Å². The summed E-state index contributed by atoms with van der Waals surface area (Å²) in [4.78, 5) is 13.6. The first kappa shape index (κ1) is 13.1. The molecule has 0 saturated carbocycles. The summed E-state index contributed by atoms with van der Waals surface area (Å²) in [7, 11) is 1.44. The predicted molar refractivity (Wildman–Crippen MR) is 70.1 cm³/mol. The van der Waals surface area contributed by atoms with Crippen molar-refractivity contribution in [2.45, 2.75) is 19.0 Å². The highest BCUT2D eigenvalue weighted by Gasteiger charge is 2.21. The maximum Gasteiger partial charge on any atom is 0.307 e. The molecular weight excluding hydrogens is 228 g/mol. The van der Waals surface area contributed by atoms with E-state index in [-0.39, 0.29) is 12.0 Å². The largest absolute Gasteiger partial charge is 0.469 e. The molecule has 1 heterocycles. The molecule has 1 saturated heterocycles. The number of methoxy groups -OCH3 is 1. The molecule has 0 bridgehead atoms. The van der Waals surface area contributed by atoms with Crippen LogP contribution in [-0.4, -0.2) is 43.7 Å². The van der Waals surface area contributed by atoms with Crippen LogP contribution in [0.4, 0.5) is 0 Å². The predicted octanol–water partition coefficient (Wildman–Crippen LogP) is 1.02. The molecule has 4 heteroatoms. The van der Waals surface area contributed by atoms with E-state index in [0.717, 1.165) is 26.2 Å². The van der Waals surface area contributed by atoms with Gasteiger partial charge in [0, 0.05) is 32.2 Å². The number of hydrogen-bond donors (Lipinski definition) is 1. The topological polar surface area (TPSA) is 41.6 Å². The minimum atomic E-state index is -0.144. The fourth-order valence-electron chi connectivity index (χ4n) is 2.30. The van der Waals surface area contributed by atoms with Crippen LogP contribution in [0.15, 0.2) is 30.3 Å². The van der Waals surface area contributed by atoms with Gasteiger partial charge in [0.25, 0.3) is 0 Å². The van der Waals surface area contributed by atoms with E-state index in [9.17, 15) is 4.79 Å². The second-order valence-corrected chi connectivity index (χ2v) is 4.65. The first-order valence-electron chi connectivity index (χ1n) is 6.34.